The van der Waals surface area contributed by atoms with Gasteiger partial charge in [-0.3, -0.25) is 4.99 Å². The van der Waals surface area contributed by atoms with Crippen molar-refractivity contribution in [1.29, 1.82) is 0 Å². The van der Waals surface area contributed by atoms with Gasteiger partial charge in [0.05, 0.1) is 0 Å². The van der Waals surface area contributed by atoms with Crippen molar-refractivity contribution in [2.45, 2.75) is 18.4 Å². The van der Waals surface area contributed by atoms with E-state index in [0.29, 0.717) is 18.9 Å². The molecule has 3 nitrogen and oxygen atoms in total. The van der Waals surface area contributed by atoms with Gasteiger partial charge in [-0.15, -0.1) is 6.58 Å². The molecule has 102 valence electrons. The zero-order chi connectivity index (χ0) is 13.8. The molecule has 0 amide bonds. The maximum Gasteiger partial charge on any atom is 0.191 e. The molecule has 2 atom stereocenters. The molecule has 1 fully saturated rings. The first-order chi connectivity index (χ1) is 9.17. The fraction of sp³-hybridized carbons (Fsp3) is 0.357. The van der Waals surface area contributed by atoms with Crippen molar-refractivity contribution in [2.75, 3.05) is 13.6 Å². The second-order valence-corrected chi connectivity index (χ2v) is 4.47. The van der Waals surface area contributed by atoms with Crippen LogP contribution >= 0.6 is 0 Å². The van der Waals surface area contributed by atoms with E-state index in [1.54, 1.807) is 13.1 Å². The van der Waals surface area contributed by atoms with Gasteiger partial charge in [0.2, 0.25) is 0 Å². The molecule has 0 spiro atoms. The molecule has 1 aliphatic carbocycles. The van der Waals surface area contributed by atoms with Crippen LogP contribution in [0.4, 0.5) is 8.78 Å². The van der Waals surface area contributed by atoms with Crippen molar-refractivity contribution >= 4 is 5.96 Å². The van der Waals surface area contributed by atoms with Gasteiger partial charge in [0.15, 0.2) is 5.96 Å². The molecule has 2 N–H and O–H groups in total. The number of aliphatic imine (C=N–C) groups is 1. The Morgan fingerprint density at radius 2 is 2.16 bits per heavy atom. The minimum atomic E-state index is -0.483. The third-order valence-corrected chi connectivity index (χ3v) is 3.12. The lowest BCUT2D eigenvalue weighted by atomic mass is 10.1. The number of rotatable bonds is 4. The number of nitrogens with zero attached hydrogens (tertiary/aromatic N) is 1. The Hall–Kier alpha value is -1.91. The molecule has 0 aliphatic heterocycles. The summed E-state index contributed by atoms with van der Waals surface area (Å²) in [5, 5.41) is 6.16. The molecule has 0 bridgehead atoms. The summed E-state index contributed by atoms with van der Waals surface area (Å²) in [6, 6.07) is 3.98. The van der Waals surface area contributed by atoms with Crippen molar-refractivity contribution in [3.63, 3.8) is 0 Å². The fourth-order valence-corrected chi connectivity index (χ4v) is 2.08. The molecule has 2 rings (SSSR count). The lowest BCUT2D eigenvalue weighted by Gasteiger charge is -2.10. The Balaban J connectivity index is 1.99. The number of guanidine groups is 1. The fourth-order valence-electron chi connectivity index (χ4n) is 2.08. The van der Waals surface area contributed by atoms with E-state index in [2.05, 4.69) is 22.2 Å². The quantitative estimate of drug-likeness (QED) is 0.497. The van der Waals surface area contributed by atoms with Crippen LogP contribution in [0.5, 0.6) is 0 Å². The molecule has 1 aliphatic rings. The highest BCUT2D eigenvalue weighted by Crippen LogP contribution is 2.42. The number of hydrogen-bond donors (Lipinski definition) is 2. The minimum absolute atomic E-state index is 0.0161. The first-order valence-corrected chi connectivity index (χ1v) is 6.19. The van der Waals surface area contributed by atoms with Gasteiger partial charge < -0.3 is 10.6 Å². The van der Waals surface area contributed by atoms with E-state index in [1.165, 1.54) is 18.2 Å². The van der Waals surface area contributed by atoms with E-state index >= 15 is 0 Å². The number of benzene rings is 1. The standard InChI is InChI=1S/C14H17F2N3/c1-3-7-18-14(17-2)19-12-8-9(12)13-10(15)5-4-6-11(13)16/h3-6,9,12H,1,7-8H2,2H3,(H2,17,18,19). The third kappa shape index (κ3) is 3.10. The summed E-state index contributed by atoms with van der Waals surface area (Å²) in [4.78, 5) is 4.04. The van der Waals surface area contributed by atoms with Crippen LogP contribution in [0.25, 0.3) is 0 Å². The highest BCUT2D eigenvalue weighted by Gasteiger charge is 2.42. The predicted octanol–water partition coefficient (Wildman–Crippen LogP) is 2.17. The first kappa shape index (κ1) is 13.5. The van der Waals surface area contributed by atoms with Crippen LogP contribution in [0.2, 0.25) is 0 Å². The summed E-state index contributed by atoms with van der Waals surface area (Å²) in [5.74, 6) is -0.487. The van der Waals surface area contributed by atoms with Gasteiger partial charge in [-0.2, -0.15) is 0 Å². The Bertz CT molecular complexity index is 479. The molecule has 2 unspecified atom stereocenters. The van der Waals surface area contributed by atoms with Crippen molar-refractivity contribution in [2.24, 2.45) is 4.99 Å². The normalized spacial score (nSPS) is 21.9. The van der Waals surface area contributed by atoms with Gasteiger partial charge in [-0.25, -0.2) is 8.78 Å². The third-order valence-electron chi connectivity index (χ3n) is 3.12. The zero-order valence-corrected chi connectivity index (χ0v) is 10.8. The summed E-state index contributed by atoms with van der Waals surface area (Å²) in [6.45, 7) is 4.19. The van der Waals surface area contributed by atoms with Gasteiger partial charge in [0, 0.05) is 31.1 Å². The van der Waals surface area contributed by atoms with Crippen LogP contribution in [-0.4, -0.2) is 25.6 Å². The van der Waals surface area contributed by atoms with E-state index in [0.717, 1.165) is 0 Å². The average Bonchev–Trinajstić information content (AvgIpc) is 3.13. The van der Waals surface area contributed by atoms with Crippen LogP contribution in [0.15, 0.2) is 35.8 Å². The maximum absolute atomic E-state index is 13.6. The van der Waals surface area contributed by atoms with E-state index in [-0.39, 0.29) is 17.5 Å². The smallest absolute Gasteiger partial charge is 0.191 e. The number of halogens is 2. The Kier molecular flexibility index (Phi) is 4.14. The topological polar surface area (TPSA) is 36.4 Å². The zero-order valence-electron chi connectivity index (χ0n) is 10.8. The van der Waals surface area contributed by atoms with Crippen LogP contribution in [-0.2, 0) is 0 Å². The van der Waals surface area contributed by atoms with Gasteiger partial charge in [-0.05, 0) is 18.6 Å². The molecule has 0 radical (unpaired) electrons. The molecule has 0 aromatic heterocycles. The van der Waals surface area contributed by atoms with Crippen LogP contribution in [0.3, 0.4) is 0 Å². The number of nitrogens with one attached hydrogen (secondary N) is 2. The van der Waals surface area contributed by atoms with Crippen molar-refractivity contribution < 1.29 is 8.78 Å². The minimum Gasteiger partial charge on any atom is -0.353 e. The molecular formula is C14H17F2N3. The molecule has 19 heavy (non-hydrogen) atoms. The SMILES string of the molecule is C=CCNC(=NC)NC1CC1c1c(F)cccc1F. The Morgan fingerprint density at radius 3 is 2.74 bits per heavy atom. The van der Waals surface area contributed by atoms with Gasteiger partial charge in [-0.1, -0.05) is 12.1 Å². The van der Waals surface area contributed by atoms with Gasteiger partial charge in [0.25, 0.3) is 0 Å². The molecule has 0 heterocycles. The summed E-state index contributed by atoms with van der Waals surface area (Å²) >= 11 is 0. The van der Waals surface area contributed by atoms with E-state index in [9.17, 15) is 8.78 Å². The molecule has 0 saturated heterocycles. The second kappa shape index (κ2) is 5.82. The first-order valence-electron chi connectivity index (χ1n) is 6.19. The molecule has 1 saturated carbocycles. The van der Waals surface area contributed by atoms with E-state index in [4.69, 9.17) is 0 Å². The van der Waals surface area contributed by atoms with Gasteiger partial charge in [0.1, 0.15) is 11.6 Å². The molecular weight excluding hydrogens is 248 g/mol. The van der Waals surface area contributed by atoms with E-state index < -0.39 is 11.6 Å². The Labute approximate surface area is 111 Å². The van der Waals surface area contributed by atoms with Crippen LogP contribution < -0.4 is 10.6 Å². The monoisotopic (exact) mass is 265 g/mol. The predicted molar refractivity (Wildman–Crippen MR) is 72.2 cm³/mol. The average molecular weight is 265 g/mol. The van der Waals surface area contributed by atoms with Crippen molar-refractivity contribution in [1.82, 2.24) is 10.6 Å². The maximum atomic E-state index is 13.6. The lowest BCUT2D eigenvalue weighted by molar-refractivity contribution is 0.553. The largest absolute Gasteiger partial charge is 0.353 e. The summed E-state index contributed by atoms with van der Waals surface area (Å²) in [6.07, 6.45) is 2.42. The van der Waals surface area contributed by atoms with Gasteiger partial charge >= 0.3 is 0 Å². The van der Waals surface area contributed by atoms with Crippen LogP contribution in [0.1, 0.15) is 17.9 Å². The second-order valence-electron chi connectivity index (χ2n) is 4.47. The van der Waals surface area contributed by atoms with Crippen molar-refractivity contribution in [3.8, 4) is 0 Å². The molecule has 1 aromatic carbocycles. The molecule has 1 aromatic rings. The Morgan fingerprint density at radius 1 is 1.47 bits per heavy atom. The highest BCUT2D eigenvalue weighted by atomic mass is 19.1. The lowest BCUT2D eigenvalue weighted by Crippen LogP contribution is -2.39. The van der Waals surface area contributed by atoms with Crippen LogP contribution in [0, 0.1) is 11.6 Å². The molecule has 5 heteroatoms. The summed E-state index contributed by atoms with van der Waals surface area (Å²) in [5.41, 5.74) is 0.166. The number of hydrogen-bond acceptors (Lipinski definition) is 1. The summed E-state index contributed by atoms with van der Waals surface area (Å²) in [7, 11) is 1.65. The summed E-state index contributed by atoms with van der Waals surface area (Å²) < 4.78 is 27.2. The van der Waals surface area contributed by atoms with Crippen molar-refractivity contribution in [3.05, 3.63) is 48.1 Å². The van der Waals surface area contributed by atoms with E-state index in [1.807, 2.05) is 0 Å². The highest BCUT2D eigenvalue weighted by molar-refractivity contribution is 5.80.